The van der Waals surface area contributed by atoms with Crippen molar-refractivity contribution in [2.45, 2.75) is 24.3 Å². The minimum atomic E-state index is 0.430. The van der Waals surface area contributed by atoms with Gasteiger partial charge in [-0.25, -0.2) is 0 Å². The third-order valence-corrected chi connectivity index (χ3v) is 4.12. The van der Waals surface area contributed by atoms with Crippen LogP contribution in [0.1, 0.15) is 18.4 Å². The molecule has 0 amide bonds. The van der Waals surface area contributed by atoms with Crippen LogP contribution >= 0.6 is 11.8 Å². The second kappa shape index (κ2) is 5.21. The molecule has 3 N–H and O–H groups in total. The van der Waals surface area contributed by atoms with Gasteiger partial charge in [-0.05, 0) is 48.8 Å². The first-order valence-electron chi connectivity index (χ1n) is 5.82. The van der Waals surface area contributed by atoms with Crippen LogP contribution < -0.4 is 11.1 Å². The van der Waals surface area contributed by atoms with Gasteiger partial charge in [0, 0.05) is 18.0 Å². The van der Waals surface area contributed by atoms with Crippen LogP contribution in [0.5, 0.6) is 0 Å². The number of hydrogen-bond donors (Lipinski definition) is 2. The van der Waals surface area contributed by atoms with E-state index in [9.17, 15) is 0 Å². The molecule has 0 aliphatic heterocycles. The van der Waals surface area contributed by atoms with Crippen LogP contribution in [0.3, 0.4) is 0 Å². The van der Waals surface area contributed by atoms with E-state index >= 15 is 0 Å². The quantitative estimate of drug-likeness (QED) is 0.744. The summed E-state index contributed by atoms with van der Waals surface area (Å²) in [5, 5.41) is 3.51. The van der Waals surface area contributed by atoms with Gasteiger partial charge in [-0.3, -0.25) is 0 Å². The molecule has 0 atom stereocenters. The molecule has 3 heteroatoms. The van der Waals surface area contributed by atoms with Crippen LogP contribution in [0.15, 0.2) is 29.2 Å². The summed E-state index contributed by atoms with van der Waals surface area (Å²) in [4.78, 5) is 1.32. The summed E-state index contributed by atoms with van der Waals surface area (Å²) in [5.41, 5.74) is 7.53. The van der Waals surface area contributed by atoms with Crippen molar-refractivity contribution in [1.29, 1.82) is 0 Å². The highest BCUT2D eigenvalue weighted by molar-refractivity contribution is 7.98. The zero-order valence-corrected chi connectivity index (χ0v) is 10.6. The maximum Gasteiger partial charge on any atom is 0.0205 e. The summed E-state index contributed by atoms with van der Waals surface area (Å²) in [6.45, 7) is 2.84. The zero-order valence-electron chi connectivity index (χ0n) is 9.83. The van der Waals surface area contributed by atoms with Crippen molar-refractivity contribution >= 4 is 11.8 Å². The fourth-order valence-corrected chi connectivity index (χ4v) is 2.25. The fourth-order valence-electron chi connectivity index (χ4n) is 1.85. The van der Waals surface area contributed by atoms with Crippen molar-refractivity contribution in [2.24, 2.45) is 11.1 Å². The van der Waals surface area contributed by atoms with Gasteiger partial charge in [0.2, 0.25) is 0 Å². The molecule has 0 unspecified atom stereocenters. The van der Waals surface area contributed by atoms with Crippen molar-refractivity contribution in [3.05, 3.63) is 29.8 Å². The van der Waals surface area contributed by atoms with E-state index in [-0.39, 0.29) is 0 Å². The Morgan fingerprint density at radius 3 is 2.50 bits per heavy atom. The third-order valence-electron chi connectivity index (χ3n) is 3.38. The number of benzene rings is 1. The van der Waals surface area contributed by atoms with Gasteiger partial charge in [-0.2, -0.15) is 0 Å². The van der Waals surface area contributed by atoms with Crippen molar-refractivity contribution < 1.29 is 0 Å². The number of thioether (sulfide) groups is 1. The van der Waals surface area contributed by atoms with Gasteiger partial charge in [-0.1, -0.05) is 12.1 Å². The number of hydrogen-bond acceptors (Lipinski definition) is 3. The van der Waals surface area contributed by atoms with E-state index in [2.05, 4.69) is 35.8 Å². The van der Waals surface area contributed by atoms with Gasteiger partial charge >= 0.3 is 0 Å². The van der Waals surface area contributed by atoms with Gasteiger partial charge in [0.15, 0.2) is 0 Å². The van der Waals surface area contributed by atoms with Crippen LogP contribution in [0.2, 0.25) is 0 Å². The Kier molecular flexibility index (Phi) is 3.90. The van der Waals surface area contributed by atoms with E-state index in [1.54, 1.807) is 11.8 Å². The lowest BCUT2D eigenvalue weighted by Crippen LogP contribution is -2.29. The van der Waals surface area contributed by atoms with E-state index in [1.807, 2.05) is 0 Å². The van der Waals surface area contributed by atoms with Gasteiger partial charge in [0.05, 0.1) is 0 Å². The molecule has 2 nitrogen and oxygen atoms in total. The lowest BCUT2D eigenvalue weighted by Gasteiger charge is -2.13. The molecule has 1 aromatic rings. The molecule has 1 fully saturated rings. The molecule has 0 aromatic heterocycles. The lowest BCUT2D eigenvalue weighted by molar-refractivity contribution is 0.468. The Morgan fingerprint density at radius 2 is 2.00 bits per heavy atom. The maximum atomic E-state index is 5.74. The van der Waals surface area contributed by atoms with E-state index < -0.39 is 0 Å². The summed E-state index contributed by atoms with van der Waals surface area (Å²) >= 11 is 1.78. The molecule has 0 saturated heterocycles. The molecule has 16 heavy (non-hydrogen) atoms. The largest absolute Gasteiger partial charge is 0.330 e. The Bertz CT molecular complexity index is 330. The molecule has 1 aliphatic carbocycles. The average Bonchev–Trinajstić information content (AvgIpc) is 3.11. The summed E-state index contributed by atoms with van der Waals surface area (Å²) in [7, 11) is 0. The molecule has 0 radical (unpaired) electrons. The number of nitrogens with one attached hydrogen (secondary N) is 1. The molecular formula is C13H20N2S. The van der Waals surface area contributed by atoms with Gasteiger partial charge in [0.1, 0.15) is 0 Å². The van der Waals surface area contributed by atoms with Crippen LogP contribution in [0.25, 0.3) is 0 Å². The molecule has 88 valence electrons. The number of rotatable bonds is 6. The molecule has 0 bridgehead atoms. The molecule has 0 heterocycles. The third kappa shape index (κ3) is 3.00. The van der Waals surface area contributed by atoms with E-state index in [0.29, 0.717) is 5.41 Å². The van der Waals surface area contributed by atoms with Crippen molar-refractivity contribution in [2.75, 3.05) is 19.3 Å². The first kappa shape index (κ1) is 12.0. The van der Waals surface area contributed by atoms with E-state index in [1.165, 1.54) is 23.3 Å². The predicted octanol–water partition coefficient (Wildman–Crippen LogP) is 2.24. The Labute approximate surface area is 102 Å². The minimum Gasteiger partial charge on any atom is -0.330 e. The fraction of sp³-hybridized carbons (Fsp3) is 0.538. The zero-order chi connectivity index (χ0) is 11.4. The summed E-state index contributed by atoms with van der Waals surface area (Å²) < 4.78 is 0. The predicted molar refractivity (Wildman–Crippen MR) is 70.7 cm³/mol. The lowest BCUT2D eigenvalue weighted by atomic mass is 10.1. The highest BCUT2D eigenvalue weighted by Crippen LogP contribution is 2.43. The van der Waals surface area contributed by atoms with Crippen LogP contribution in [-0.2, 0) is 6.54 Å². The SMILES string of the molecule is CSc1ccc(CNCC2(CN)CC2)cc1. The van der Waals surface area contributed by atoms with Gasteiger partial charge in [-0.15, -0.1) is 11.8 Å². The molecule has 2 rings (SSSR count). The standard InChI is InChI=1S/C13H20N2S/c1-16-12-4-2-11(3-5-12)8-15-10-13(9-14)6-7-13/h2-5,15H,6-10,14H2,1H3. The Balaban J connectivity index is 1.76. The van der Waals surface area contributed by atoms with Crippen molar-refractivity contribution in [3.8, 4) is 0 Å². The normalized spacial score (nSPS) is 17.4. The van der Waals surface area contributed by atoms with E-state index in [4.69, 9.17) is 5.73 Å². The van der Waals surface area contributed by atoms with Crippen LogP contribution in [0.4, 0.5) is 0 Å². The van der Waals surface area contributed by atoms with E-state index in [0.717, 1.165) is 19.6 Å². The van der Waals surface area contributed by atoms with Gasteiger partial charge in [0.25, 0.3) is 0 Å². The first-order chi connectivity index (χ1) is 7.78. The molecular weight excluding hydrogens is 216 g/mol. The molecule has 1 aliphatic rings. The van der Waals surface area contributed by atoms with Crippen molar-refractivity contribution in [3.63, 3.8) is 0 Å². The first-order valence-corrected chi connectivity index (χ1v) is 7.04. The second-order valence-corrected chi connectivity index (χ2v) is 5.54. The smallest absolute Gasteiger partial charge is 0.0205 e. The molecule has 0 spiro atoms. The minimum absolute atomic E-state index is 0.430. The average molecular weight is 236 g/mol. The topological polar surface area (TPSA) is 38.0 Å². The highest BCUT2D eigenvalue weighted by Gasteiger charge is 2.40. The summed E-state index contributed by atoms with van der Waals surface area (Å²) in [6.07, 6.45) is 4.69. The van der Waals surface area contributed by atoms with Crippen molar-refractivity contribution in [1.82, 2.24) is 5.32 Å². The Morgan fingerprint density at radius 1 is 1.31 bits per heavy atom. The maximum absolute atomic E-state index is 5.74. The monoisotopic (exact) mass is 236 g/mol. The molecule has 1 aromatic carbocycles. The van der Waals surface area contributed by atoms with Gasteiger partial charge < -0.3 is 11.1 Å². The number of nitrogens with two attached hydrogens (primary N) is 1. The second-order valence-electron chi connectivity index (χ2n) is 4.66. The van der Waals surface area contributed by atoms with Crippen LogP contribution in [-0.4, -0.2) is 19.3 Å². The summed E-state index contributed by atoms with van der Waals surface area (Å²) in [6, 6.07) is 8.75. The molecule has 1 saturated carbocycles. The Hall–Kier alpha value is -0.510. The van der Waals surface area contributed by atoms with Crippen LogP contribution in [0, 0.1) is 5.41 Å². The highest BCUT2D eigenvalue weighted by atomic mass is 32.2. The summed E-state index contributed by atoms with van der Waals surface area (Å²) in [5.74, 6) is 0.